The average Bonchev–Trinajstić information content (AvgIpc) is 3.53. The van der Waals surface area contributed by atoms with Crippen LogP contribution in [0, 0.1) is 0 Å². The van der Waals surface area contributed by atoms with Gasteiger partial charge in [0.1, 0.15) is 0 Å². The van der Waals surface area contributed by atoms with Crippen LogP contribution in [0.4, 0.5) is 5.69 Å². The van der Waals surface area contributed by atoms with Crippen molar-refractivity contribution in [3.05, 3.63) is 69.7 Å². The fourth-order valence-corrected chi connectivity index (χ4v) is 2.90. The molecule has 0 unspecified atom stereocenters. The smallest absolute Gasteiger partial charge is 0.251 e. The number of nitrogens with zero attached hydrogens (tertiary/aromatic N) is 1. The van der Waals surface area contributed by atoms with E-state index in [2.05, 4.69) is 10.6 Å². The molecule has 1 fully saturated rings. The monoisotopic (exact) mass is 445 g/mol. The van der Waals surface area contributed by atoms with Crippen LogP contribution in [0.15, 0.2) is 48.5 Å². The fourth-order valence-electron chi connectivity index (χ4n) is 2.60. The number of halogens is 2. The van der Waals surface area contributed by atoms with Gasteiger partial charge in [0, 0.05) is 30.4 Å². The Hall–Kier alpha value is -2.83. The van der Waals surface area contributed by atoms with Crippen molar-refractivity contribution >= 4 is 52.7 Å². The first-order valence-corrected chi connectivity index (χ1v) is 10.2. The Kier molecular flexibility index (Phi) is 7.13. The standard InChI is InChI=1S/C22H21Cl2N3O3/c1-27(13-20(28)25-17-9-10-18(23)19(24)12-17)21(29)11-4-14-2-5-15(6-3-14)22(30)26-16-7-8-16/h2-6,9-12,16H,7-8,13H2,1H3,(H,25,28)(H,26,30)/b11-4+. The Balaban J connectivity index is 1.50. The second-order valence-electron chi connectivity index (χ2n) is 7.07. The van der Waals surface area contributed by atoms with E-state index < -0.39 is 0 Å². The predicted octanol–water partition coefficient (Wildman–Crippen LogP) is 4.00. The van der Waals surface area contributed by atoms with Gasteiger partial charge in [0.05, 0.1) is 16.6 Å². The summed E-state index contributed by atoms with van der Waals surface area (Å²) in [5, 5.41) is 6.32. The highest BCUT2D eigenvalue weighted by Crippen LogP contribution is 2.25. The van der Waals surface area contributed by atoms with Crippen LogP contribution in [-0.4, -0.2) is 42.3 Å². The molecule has 2 N–H and O–H groups in total. The van der Waals surface area contributed by atoms with Gasteiger partial charge in [-0.2, -0.15) is 0 Å². The molecule has 3 rings (SSSR count). The highest BCUT2D eigenvalue weighted by Gasteiger charge is 2.23. The highest BCUT2D eigenvalue weighted by molar-refractivity contribution is 6.42. The molecular formula is C22H21Cl2N3O3. The van der Waals surface area contributed by atoms with Gasteiger partial charge in [0.15, 0.2) is 0 Å². The van der Waals surface area contributed by atoms with Crippen LogP contribution in [0.2, 0.25) is 10.0 Å². The number of rotatable bonds is 7. The van der Waals surface area contributed by atoms with Crippen molar-refractivity contribution in [3.8, 4) is 0 Å². The van der Waals surface area contributed by atoms with Crippen LogP contribution in [0.25, 0.3) is 6.08 Å². The molecule has 0 heterocycles. The first-order valence-electron chi connectivity index (χ1n) is 9.41. The van der Waals surface area contributed by atoms with Gasteiger partial charge in [-0.1, -0.05) is 35.3 Å². The van der Waals surface area contributed by atoms with E-state index >= 15 is 0 Å². The molecule has 0 aromatic heterocycles. The minimum absolute atomic E-state index is 0.0863. The van der Waals surface area contributed by atoms with Crippen molar-refractivity contribution in [2.24, 2.45) is 0 Å². The van der Waals surface area contributed by atoms with E-state index in [1.807, 2.05) is 0 Å². The van der Waals surface area contributed by atoms with E-state index in [1.165, 1.54) is 24.1 Å². The molecule has 1 saturated carbocycles. The lowest BCUT2D eigenvalue weighted by atomic mass is 10.1. The molecule has 1 aliphatic rings. The number of hydrogen-bond acceptors (Lipinski definition) is 3. The van der Waals surface area contributed by atoms with Gasteiger partial charge in [0.25, 0.3) is 5.91 Å². The topological polar surface area (TPSA) is 78.5 Å². The molecule has 0 radical (unpaired) electrons. The van der Waals surface area contributed by atoms with Crippen molar-refractivity contribution < 1.29 is 14.4 Å². The minimum Gasteiger partial charge on any atom is -0.349 e. The average molecular weight is 446 g/mol. The summed E-state index contributed by atoms with van der Waals surface area (Å²) in [4.78, 5) is 37.7. The summed E-state index contributed by atoms with van der Waals surface area (Å²) >= 11 is 11.8. The molecule has 6 nitrogen and oxygen atoms in total. The molecule has 2 aromatic rings. The van der Waals surface area contributed by atoms with Crippen LogP contribution in [0.5, 0.6) is 0 Å². The van der Waals surface area contributed by atoms with Crippen molar-refractivity contribution in [1.82, 2.24) is 10.2 Å². The Bertz CT molecular complexity index is 986. The number of nitrogens with one attached hydrogen (secondary N) is 2. The van der Waals surface area contributed by atoms with Gasteiger partial charge < -0.3 is 15.5 Å². The molecule has 8 heteroatoms. The van der Waals surface area contributed by atoms with Crippen molar-refractivity contribution in [3.63, 3.8) is 0 Å². The predicted molar refractivity (Wildman–Crippen MR) is 119 cm³/mol. The number of anilines is 1. The number of benzene rings is 2. The third-order valence-corrected chi connectivity index (χ3v) is 5.20. The quantitative estimate of drug-likeness (QED) is 0.632. The molecule has 2 aromatic carbocycles. The summed E-state index contributed by atoms with van der Waals surface area (Å²) in [6.45, 7) is -0.121. The lowest BCUT2D eigenvalue weighted by molar-refractivity contribution is -0.129. The maximum Gasteiger partial charge on any atom is 0.251 e. The van der Waals surface area contributed by atoms with E-state index in [0.29, 0.717) is 27.3 Å². The van der Waals surface area contributed by atoms with E-state index in [9.17, 15) is 14.4 Å². The summed E-state index contributed by atoms with van der Waals surface area (Å²) < 4.78 is 0. The van der Waals surface area contributed by atoms with E-state index in [-0.39, 0.29) is 24.3 Å². The summed E-state index contributed by atoms with van der Waals surface area (Å²) in [5.41, 5.74) is 1.86. The van der Waals surface area contributed by atoms with Crippen LogP contribution in [0.3, 0.4) is 0 Å². The van der Waals surface area contributed by atoms with E-state index in [4.69, 9.17) is 23.2 Å². The lowest BCUT2D eigenvalue weighted by Crippen LogP contribution is -2.33. The molecule has 0 spiro atoms. The van der Waals surface area contributed by atoms with Gasteiger partial charge in [-0.3, -0.25) is 14.4 Å². The second kappa shape index (κ2) is 9.78. The molecule has 0 atom stereocenters. The Morgan fingerprint density at radius 3 is 2.40 bits per heavy atom. The normalized spacial score (nSPS) is 13.2. The van der Waals surface area contributed by atoms with E-state index in [0.717, 1.165) is 18.4 Å². The maximum absolute atomic E-state index is 12.3. The maximum atomic E-state index is 12.3. The van der Waals surface area contributed by atoms with Gasteiger partial charge in [-0.15, -0.1) is 0 Å². The Labute approximate surface area is 184 Å². The number of hydrogen-bond donors (Lipinski definition) is 2. The molecule has 0 aliphatic heterocycles. The van der Waals surface area contributed by atoms with E-state index in [1.54, 1.807) is 42.5 Å². The van der Waals surface area contributed by atoms with Gasteiger partial charge in [0.2, 0.25) is 11.8 Å². The molecule has 156 valence electrons. The Morgan fingerprint density at radius 1 is 1.07 bits per heavy atom. The van der Waals surface area contributed by atoms with Crippen molar-refractivity contribution in [1.29, 1.82) is 0 Å². The zero-order valence-corrected chi connectivity index (χ0v) is 17.8. The third kappa shape index (κ3) is 6.34. The molecule has 0 saturated heterocycles. The minimum atomic E-state index is -0.358. The van der Waals surface area contributed by atoms with Gasteiger partial charge in [-0.25, -0.2) is 0 Å². The Morgan fingerprint density at radius 2 is 1.77 bits per heavy atom. The second-order valence-corrected chi connectivity index (χ2v) is 7.89. The van der Waals surface area contributed by atoms with Gasteiger partial charge >= 0.3 is 0 Å². The molecule has 1 aliphatic carbocycles. The summed E-state index contributed by atoms with van der Waals surface area (Å²) in [6, 6.07) is 12.0. The van der Waals surface area contributed by atoms with Crippen LogP contribution >= 0.6 is 23.2 Å². The van der Waals surface area contributed by atoms with Crippen LogP contribution in [-0.2, 0) is 9.59 Å². The molecular weight excluding hydrogens is 425 g/mol. The molecule has 0 bridgehead atoms. The van der Waals surface area contributed by atoms with Gasteiger partial charge in [-0.05, 0) is 54.8 Å². The largest absolute Gasteiger partial charge is 0.349 e. The van der Waals surface area contributed by atoms with Crippen molar-refractivity contribution in [2.75, 3.05) is 18.9 Å². The SMILES string of the molecule is CN(CC(=O)Nc1ccc(Cl)c(Cl)c1)C(=O)/C=C/c1ccc(C(=O)NC2CC2)cc1. The number of likely N-dealkylation sites (N-methyl/N-ethyl adjacent to an activating group) is 1. The number of carbonyl (C=O) groups is 3. The summed E-state index contributed by atoms with van der Waals surface area (Å²) in [5.74, 6) is -0.768. The molecule has 3 amide bonds. The zero-order chi connectivity index (χ0) is 21.7. The molecule has 30 heavy (non-hydrogen) atoms. The number of amides is 3. The van der Waals surface area contributed by atoms with Crippen molar-refractivity contribution in [2.45, 2.75) is 18.9 Å². The highest BCUT2D eigenvalue weighted by atomic mass is 35.5. The first kappa shape index (κ1) is 21.9. The first-order chi connectivity index (χ1) is 14.3. The number of carbonyl (C=O) groups excluding carboxylic acids is 3. The fraction of sp³-hybridized carbons (Fsp3) is 0.227. The van der Waals surface area contributed by atoms with Crippen LogP contribution < -0.4 is 10.6 Å². The lowest BCUT2D eigenvalue weighted by Gasteiger charge is -2.15. The third-order valence-electron chi connectivity index (χ3n) is 4.46. The summed E-state index contributed by atoms with van der Waals surface area (Å²) in [6.07, 6.45) is 5.09. The zero-order valence-electron chi connectivity index (χ0n) is 16.3. The summed E-state index contributed by atoms with van der Waals surface area (Å²) in [7, 11) is 1.53. The van der Waals surface area contributed by atoms with Crippen LogP contribution in [0.1, 0.15) is 28.8 Å².